The number of urea groups is 1. The molecule has 0 saturated carbocycles. The van der Waals surface area contributed by atoms with Crippen molar-refractivity contribution in [2.75, 3.05) is 19.0 Å². The fourth-order valence-electron chi connectivity index (χ4n) is 1.03. The summed E-state index contributed by atoms with van der Waals surface area (Å²) in [6.45, 7) is 2.17. The molecule has 1 rings (SSSR count). The molecule has 0 unspecified atom stereocenters. The zero-order chi connectivity index (χ0) is 18.4. The molecule has 9 heteroatoms. The van der Waals surface area contributed by atoms with Crippen molar-refractivity contribution in [3.8, 4) is 0 Å². The highest BCUT2D eigenvalue weighted by Crippen LogP contribution is 2.10. The number of nitrogens with one attached hydrogen (secondary N) is 1. The number of carboxylic acids is 2. The third-order valence-corrected chi connectivity index (χ3v) is 1.80. The van der Waals surface area contributed by atoms with E-state index in [1.807, 2.05) is 43.3 Å². The number of nitrogens with two attached hydrogens (primary N) is 1. The predicted octanol–water partition coefficient (Wildman–Crippen LogP) is 0.937. The largest absolute Gasteiger partial charge is 0.481 e. The number of nitrogens with zero attached hydrogens (tertiary/aromatic N) is 2. The Labute approximate surface area is 134 Å². The topological polar surface area (TPSA) is 145 Å². The van der Waals surface area contributed by atoms with Crippen molar-refractivity contribution in [2.24, 2.45) is 10.8 Å². The fourth-order valence-corrected chi connectivity index (χ4v) is 1.03. The van der Waals surface area contributed by atoms with E-state index in [1.54, 1.807) is 0 Å². The number of amides is 2. The van der Waals surface area contributed by atoms with E-state index < -0.39 is 18.0 Å². The maximum Gasteiger partial charge on any atom is 0.332 e. The highest BCUT2D eigenvalue weighted by molar-refractivity contribution is 5.82. The molecule has 5 N–H and O–H groups in total. The van der Waals surface area contributed by atoms with Crippen LogP contribution < -0.4 is 16.1 Å². The Morgan fingerprint density at radius 2 is 1.48 bits per heavy atom. The molecule has 0 radical (unpaired) electrons. The summed E-state index contributed by atoms with van der Waals surface area (Å²) in [5.41, 5.74) is 8.98. The van der Waals surface area contributed by atoms with Crippen LogP contribution in [0.4, 0.5) is 10.5 Å². The first-order valence-corrected chi connectivity index (χ1v) is 6.31. The molecule has 9 nitrogen and oxygen atoms in total. The van der Waals surface area contributed by atoms with Crippen molar-refractivity contribution in [3.05, 3.63) is 29.8 Å². The number of aliphatic carboxylic acids is 2. The van der Waals surface area contributed by atoms with E-state index in [2.05, 4.69) is 10.5 Å². The van der Waals surface area contributed by atoms with E-state index in [0.717, 1.165) is 25.1 Å². The van der Waals surface area contributed by atoms with Gasteiger partial charge < -0.3 is 20.8 Å². The van der Waals surface area contributed by atoms with Crippen LogP contribution >= 0.6 is 0 Å². The van der Waals surface area contributed by atoms with Gasteiger partial charge in [-0.2, -0.15) is 5.10 Å². The molecule has 128 valence electrons. The Hall–Kier alpha value is -3.10. The number of hydrazone groups is 1. The van der Waals surface area contributed by atoms with Gasteiger partial charge in [0.2, 0.25) is 0 Å². The standard InChI is InChI=1S/C10H14N4O.2C2H4O2/c1-14(2)9-5-3-8(4-6-9)7-12-13-10(11)15;2*1-2(3)4/h3-7H,1-2H3,(H3,11,13,15);2*1H3,(H,3,4)/b12-7+;;. The SMILES string of the molecule is CC(=O)O.CC(=O)O.CN(C)c1ccc(/C=N/NC(N)=O)cc1. The molecule has 0 aliphatic carbocycles. The molecule has 1 aromatic rings. The Kier molecular flexibility index (Phi) is 12.2. The second kappa shape index (κ2) is 12.6. The number of rotatable bonds is 3. The Morgan fingerprint density at radius 3 is 1.78 bits per heavy atom. The van der Waals surface area contributed by atoms with Crippen LogP contribution in [-0.2, 0) is 9.59 Å². The van der Waals surface area contributed by atoms with Gasteiger partial charge in [-0.3, -0.25) is 9.59 Å². The van der Waals surface area contributed by atoms with Gasteiger partial charge in [0.1, 0.15) is 0 Å². The number of primary amides is 1. The molecule has 2 amide bonds. The van der Waals surface area contributed by atoms with Crippen LogP contribution in [0.1, 0.15) is 19.4 Å². The average molecular weight is 326 g/mol. The summed E-state index contributed by atoms with van der Waals surface area (Å²) in [6, 6.07) is 7.07. The van der Waals surface area contributed by atoms with Crippen LogP contribution in [0, 0.1) is 0 Å². The van der Waals surface area contributed by atoms with Crippen molar-refractivity contribution in [2.45, 2.75) is 13.8 Å². The summed E-state index contributed by atoms with van der Waals surface area (Å²) in [5, 5.41) is 18.5. The van der Waals surface area contributed by atoms with Gasteiger partial charge in [-0.15, -0.1) is 0 Å². The zero-order valence-corrected chi connectivity index (χ0v) is 13.5. The molecule has 0 bridgehead atoms. The summed E-state index contributed by atoms with van der Waals surface area (Å²) in [4.78, 5) is 30.3. The van der Waals surface area contributed by atoms with E-state index in [-0.39, 0.29) is 0 Å². The van der Waals surface area contributed by atoms with Gasteiger partial charge in [-0.1, -0.05) is 12.1 Å². The van der Waals surface area contributed by atoms with Crippen LogP contribution in [-0.4, -0.2) is 48.5 Å². The van der Waals surface area contributed by atoms with Gasteiger partial charge in [0.25, 0.3) is 11.9 Å². The van der Waals surface area contributed by atoms with Gasteiger partial charge in [0.15, 0.2) is 0 Å². The second-order valence-corrected chi connectivity index (χ2v) is 4.26. The molecule has 0 aromatic heterocycles. The van der Waals surface area contributed by atoms with E-state index in [9.17, 15) is 4.79 Å². The fraction of sp³-hybridized carbons (Fsp3) is 0.286. The minimum absolute atomic E-state index is 0.670. The Bertz CT molecular complexity index is 506. The van der Waals surface area contributed by atoms with Crippen molar-refractivity contribution >= 4 is 29.9 Å². The lowest BCUT2D eigenvalue weighted by Gasteiger charge is -2.11. The minimum atomic E-state index is -0.833. The first-order chi connectivity index (χ1) is 10.6. The van der Waals surface area contributed by atoms with Crippen LogP contribution in [0.3, 0.4) is 0 Å². The number of hydrogen-bond acceptors (Lipinski definition) is 5. The molecule has 0 aliphatic rings. The quantitative estimate of drug-likeness (QED) is 0.480. The van der Waals surface area contributed by atoms with Crippen molar-refractivity contribution in [3.63, 3.8) is 0 Å². The Balaban J connectivity index is 0. The highest BCUT2D eigenvalue weighted by Gasteiger charge is 1.93. The third kappa shape index (κ3) is 18.9. The summed E-state index contributed by atoms with van der Waals surface area (Å²) in [5.74, 6) is -1.67. The molecule has 0 spiro atoms. The summed E-state index contributed by atoms with van der Waals surface area (Å²) < 4.78 is 0. The van der Waals surface area contributed by atoms with E-state index in [1.165, 1.54) is 6.21 Å². The first kappa shape index (κ1) is 22.2. The molecule has 0 fully saturated rings. The molecule has 0 heterocycles. The van der Waals surface area contributed by atoms with Gasteiger partial charge in [0.05, 0.1) is 6.21 Å². The van der Waals surface area contributed by atoms with Crippen molar-refractivity contribution in [1.29, 1.82) is 0 Å². The van der Waals surface area contributed by atoms with E-state index >= 15 is 0 Å². The van der Waals surface area contributed by atoms with Crippen LogP contribution in [0.5, 0.6) is 0 Å². The molecule has 0 aliphatic heterocycles. The van der Waals surface area contributed by atoms with E-state index in [4.69, 9.17) is 25.5 Å². The van der Waals surface area contributed by atoms with Gasteiger partial charge in [-0.05, 0) is 17.7 Å². The van der Waals surface area contributed by atoms with Crippen molar-refractivity contribution < 1.29 is 24.6 Å². The Morgan fingerprint density at radius 1 is 1.09 bits per heavy atom. The smallest absolute Gasteiger partial charge is 0.332 e. The molecular weight excluding hydrogens is 304 g/mol. The number of carbonyl (C=O) groups is 3. The predicted molar refractivity (Wildman–Crippen MR) is 87.7 cm³/mol. The summed E-state index contributed by atoms with van der Waals surface area (Å²) in [7, 11) is 3.94. The lowest BCUT2D eigenvalue weighted by atomic mass is 10.2. The maximum atomic E-state index is 10.3. The van der Waals surface area contributed by atoms with Gasteiger partial charge >= 0.3 is 6.03 Å². The number of hydrogen-bond donors (Lipinski definition) is 4. The van der Waals surface area contributed by atoms with Gasteiger partial charge in [0, 0.05) is 33.6 Å². The molecule has 1 aromatic carbocycles. The number of carboxylic acid groups (broad SMARTS) is 2. The minimum Gasteiger partial charge on any atom is -0.481 e. The van der Waals surface area contributed by atoms with Gasteiger partial charge in [-0.25, -0.2) is 10.2 Å². The first-order valence-electron chi connectivity index (χ1n) is 6.31. The number of carbonyl (C=O) groups excluding carboxylic acids is 1. The lowest BCUT2D eigenvalue weighted by Crippen LogP contribution is -2.24. The summed E-state index contributed by atoms with van der Waals surface area (Å²) >= 11 is 0. The lowest BCUT2D eigenvalue weighted by molar-refractivity contribution is -0.135. The average Bonchev–Trinajstić information content (AvgIpc) is 2.37. The zero-order valence-electron chi connectivity index (χ0n) is 13.5. The van der Waals surface area contributed by atoms with E-state index in [0.29, 0.717) is 0 Å². The maximum absolute atomic E-state index is 10.3. The van der Waals surface area contributed by atoms with Crippen LogP contribution in [0.2, 0.25) is 0 Å². The number of anilines is 1. The molecular formula is C14H22N4O5. The normalized spacial score (nSPS) is 8.87. The van der Waals surface area contributed by atoms with Crippen LogP contribution in [0.15, 0.2) is 29.4 Å². The van der Waals surface area contributed by atoms with Crippen molar-refractivity contribution in [1.82, 2.24) is 5.43 Å². The third-order valence-electron chi connectivity index (χ3n) is 1.80. The monoisotopic (exact) mass is 326 g/mol. The second-order valence-electron chi connectivity index (χ2n) is 4.26. The molecule has 0 atom stereocenters. The highest BCUT2D eigenvalue weighted by atomic mass is 16.4. The van der Waals surface area contributed by atoms with Crippen LogP contribution in [0.25, 0.3) is 0 Å². The summed E-state index contributed by atoms with van der Waals surface area (Å²) in [6.07, 6.45) is 1.53. The molecule has 23 heavy (non-hydrogen) atoms. The molecule has 0 saturated heterocycles. The number of benzene rings is 1.